The summed E-state index contributed by atoms with van der Waals surface area (Å²) in [7, 11) is 0. The number of rotatable bonds is 0. The number of fused-ring (bicyclic) bond motifs is 5. The van der Waals surface area contributed by atoms with Crippen molar-refractivity contribution in [2.24, 2.45) is 11.8 Å². The predicted octanol–water partition coefficient (Wildman–Crippen LogP) is 0.870. The highest BCUT2D eigenvalue weighted by Crippen LogP contribution is 2.48. The van der Waals surface area contributed by atoms with Crippen LogP contribution in [0.3, 0.4) is 0 Å². The van der Waals surface area contributed by atoms with E-state index in [1.165, 1.54) is 0 Å². The van der Waals surface area contributed by atoms with Gasteiger partial charge in [-0.3, -0.25) is 9.59 Å². The molecule has 1 saturated carbocycles. The standard InChI is InChI=1S/C16H25NO4/c1-11-8-12-10-14(19)17-6-2-4-15(12,20)16(21,5-3-7-17)13(18)9-11/h11-12,20-21H,2-10H2,1H3/t11-,12+,15+,16-/m1/s1. The maximum atomic E-state index is 12.6. The van der Waals surface area contributed by atoms with Gasteiger partial charge in [-0.25, -0.2) is 0 Å². The topological polar surface area (TPSA) is 77.8 Å². The molecule has 4 rings (SSSR count). The monoisotopic (exact) mass is 295 g/mol. The van der Waals surface area contributed by atoms with Crippen LogP contribution in [0.2, 0.25) is 0 Å². The van der Waals surface area contributed by atoms with Gasteiger partial charge >= 0.3 is 0 Å². The molecule has 0 spiro atoms. The lowest BCUT2D eigenvalue weighted by Gasteiger charge is -2.46. The zero-order chi connectivity index (χ0) is 15.3. The van der Waals surface area contributed by atoms with E-state index in [2.05, 4.69) is 0 Å². The summed E-state index contributed by atoms with van der Waals surface area (Å²) in [6.45, 7) is 3.16. The first kappa shape index (κ1) is 15.0. The lowest BCUT2D eigenvalue weighted by atomic mass is 9.66. The Morgan fingerprint density at radius 1 is 1.10 bits per heavy atom. The van der Waals surface area contributed by atoms with Crippen molar-refractivity contribution < 1.29 is 19.8 Å². The number of Topliss-reactive ketones (excluding diaryl/α,β-unsaturated/α-hetero) is 1. The van der Waals surface area contributed by atoms with E-state index in [1.807, 2.05) is 11.8 Å². The van der Waals surface area contributed by atoms with E-state index in [1.54, 1.807) is 0 Å². The predicted molar refractivity (Wildman–Crippen MR) is 76.5 cm³/mol. The van der Waals surface area contributed by atoms with E-state index < -0.39 is 11.2 Å². The van der Waals surface area contributed by atoms with Gasteiger partial charge in [0.25, 0.3) is 0 Å². The quantitative estimate of drug-likeness (QED) is 0.695. The second-order valence-electron chi connectivity index (χ2n) is 7.24. The molecule has 0 aromatic rings. The van der Waals surface area contributed by atoms with Gasteiger partial charge in [0, 0.05) is 25.9 Å². The number of carbonyl (C=O) groups excluding carboxylic acids is 2. The molecule has 1 amide bonds. The number of carbonyl (C=O) groups is 2. The van der Waals surface area contributed by atoms with Gasteiger partial charge in [-0.1, -0.05) is 6.92 Å². The molecule has 0 radical (unpaired) electrons. The minimum Gasteiger partial charge on any atom is -0.386 e. The van der Waals surface area contributed by atoms with Crippen molar-refractivity contribution in [3.63, 3.8) is 0 Å². The van der Waals surface area contributed by atoms with Gasteiger partial charge in [-0.2, -0.15) is 0 Å². The van der Waals surface area contributed by atoms with Crippen LogP contribution >= 0.6 is 0 Å². The molecule has 3 saturated heterocycles. The lowest BCUT2D eigenvalue weighted by molar-refractivity contribution is -0.194. The third kappa shape index (κ3) is 2.21. The first-order valence-corrected chi connectivity index (χ1v) is 8.12. The zero-order valence-electron chi connectivity index (χ0n) is 12.7. The number of hydrogen-bond donors (Lipinski definition) is 2. The summed E-state index contributed by atoms with van der Waals surface area (Å²) in [4.78, 5) is 26.9. The number of aliphatic hydroxyl groups is 2. The minimum absolute atomic E-state index is 0.0592. The molecule has 1 aliphatic carbocycles. The smallest absolute Gasteiger partial charge is 0.222 e. The third-order valence-corrected chi connectivity index (χ3v) is 5.80. The molecule has 2 N–H and O–H groups in total. The molecule has 4 bridgehead atoms. The van der Waals surface area contributed by atoms with Crippen molar-refractivity contribution in [2.45, 2.75) is 63.1 Å². The molecular formula is C16H25NO4. The molecule has 3 aliphatic heterocycles. The average Bonchev–Trinajstić information content (AvgIpc) is 2.47. The molecule has 0 unspecified atom stereocenters. The highest BCUT2D eigenvalue weighted by molar-refractivity contribution is 5.89. The summed E-state index contributed by atoms with van der Waals surface area (Å²) in [6.07, 6.45) is 3.04. The van der Waals surface area contributed by atoms with Crippen LogP contribution in [0.25, 0.3) is 0 Å². The Balaban J connectivity index is 2.12. The highest BCUT2D eigenvalue weighted by atomic mass is 16.4. The van der Waals surface area contributed by atoms with E-state index in [9.17, 15) is 19.8 Å². The largest absolute Gasteiger partial charge is 0.386 e. The van der Waals surface area contributed by atoms with Gasteiger partial charge in [0.2, 0.25) is 5.91 Å². The minimum atomic E-state index is -1.68. The molecule has 4 aliphatic rings. The summed E-state index contributed by atoms with van der Waals surface area (Å²) in [5.41, 5.74) is -3.12. The fraction of sp³-hybridized carbons (Fsp3) is 0.875. The van der Waals surface area contributed by atoms with Crippen LogP contribution in [-0.4, -0.2) is 51.1 Å². The average molecular weight is 295 g/mol. The number of hydrogen-bond acceptors (Lipinski definition) is 4. The van der Waals surface area contributed by atoms with Crippen molar-refractivity contribution >= 4 is 11.7 Å². The number of amides is 1. The second kappa shape index (κ2) is 5.06. The molecule has 5 heteroatoms. The summed E-state index contributed by atoms with van der Waals surface area (Å²) >= 11 is 0. The fourth-order valence-electron chi connectivity index (χ4n) is 4.61. The van der Waals surface area contributed by atoms with Crippen molar-refractivity contribution in [1.82, 2.24) is 4.90 Å². The lowest BCUT2D eigenvalue weighted by Crippen LogP contribution is -2.62. The van der Waals surface area contributed by atoms with Crippen LogP contribution < -0.4 is 0 Å². The Bertz CT molecular complexity index is 465. The maximum Gasteiger partial charge on any atom is 0.222 e. The Hall–Kier alpha value is -0.940. The Kier molecular flexibility index (Phi) is 3.61. The van der Waals surface area contributed by atoms with E-state index in [-0.39, 0.29) is 36.4 Å². The number of nitrogens with zero attached hydrogens (tertiary/aromatic N) is 1. The maximum absolute atomic E-state index is 12.6. The van der Waals surface area contributed by atoms with Gasteiger partial charge in [0.1, 0.15) is 5.60 Å². The van der Waals surface area contributed by atoms with Crippen LogP contribution in [0.4, 0.5) is 0 Å². The van der Waals surface area contributed by atoms with E-state index in [0.717, 1.165) is 0 Å². The normalized spacial score (nSPS) is 44.6. The van der Waals surface area contributed by atoms with Crippen LogP contribution in [0.1, 0.15) is 51.9 Å². The molecule has 4 fully saturated rings. The Morgan fingerprint density at radius 3 is 2.48 bits per heavy atom. The summed E-state index contributed by atoms with van der Waals surface area (Å²) < 4.78 is 0. The van der Waals surface area contributed by atoms with Crippen LogP contribution in [0.5, 0.6) is 0 Å². The van der Waals surface area contributed by atoms with E-state index in [4.69, 9.17) is 0 Å². The van der Waals surface area contributed by atoms with Crippen molar-refractivity contribution in [3.8, 4) is 0 Å². The second-order valence-corrected chi connectivity index (χ2v) is 7.24. The summed E-state index contributed by atoms with van der Waals surface area (Å²) in [5, 5.41) is 22.4. The number of ketones is 1. The zero-order valence-corrected chi connectivity index (χ0v) is 12.7. The van der Waals surface area contributed by atoms with Gasteiger partial charge in [0.15, 0.2) is 11.4 Å². The van der Waals surface area contributed by atoms with Crippen LogP contribution in [0.15, 0.2) is 0 Å². The molecule has 5 nitrogen and oxygen atoms in total. The summed E-state index contributed by atoms with van der Waals surface area (Å²) in [5.74, 6) is -0.396. The Morgan fingerprint density at radius 2 is 1.76 bits per heavy atom. The van der Waals surface area contributed by atoms with Crippen molar-refractivity contribution in [3.05, 3.63) is 0 Å². The molecule has 0 aromatic heterocycles. The first-order valence-electron chi connectivity index (χ1n) is 8.12. The molecule has 4 atom stereocenters. The third-order valence-electron chi connectivity index (χ3n) is 5.80. The van der Waals surface area contributed by atoms with Gasteiger partial charge < -0.3 is 15.1 Å². The van der Waals surface area contributed by atoms with Gasteiger partial charge in [-0.15, -0.1) is 0 Å². The molecule has 0 aromatic carbocycles. The summed E-state index contributed by atoms with van der Waals surface area (Å²) in [6, 6.07) is 0. The van der Waals surface area contributed by atoms with Gasteiger partial charge in [-0.05, 0) is 43.9 Å². The van der Waals surface area contributed by atoms with Gasteiger partial charge in [0.05, 0.1) is 0 Å². The first-order chi connectivity index (χ1) is 9.87. The SMILES string of the molecule is C[C@H]1CC(=O)[C@]2(O)CCCN3CCC[C@]2(O)[C@H](CC3=O)C1. The van der Waals surface area contributed by atoms with Crippen LogP contribution in [-0.2, 0) is 9.59 Å². The molecular weight excluding hydrogens is 270 g/mol. The highest BCUT2D eigenvalue weighted by Gasteiger charge is 2.60. The van der Waals surface area contributed by atoms with E-state index in [0.29, 0.717) is 45.2 Å². The Labute approximate surface area is 125 Å². The molecule has 3 heterocycles. The van der Waals surface area contributed by atoms with Crippen molar-refractivity contribution in [2.75, 3.05) is 13.1 Å². The van der Waals surface area contributed by atoms with E-state index >= 15 is 0 Å². The molecule has 118 valence electrons. The van der Waals surface area contributed by atoms with Crippen LogP contribution in [0, 0.1) is 11.8 Å². The fourth-order valence-corrected chi connectivity index (χ4v) is 4.61. The molecule has 21 heavy (non-hydrogen) atoms. The van der Waals surface area contributed by atoms with Crippen molar-refractivity contribution in [1.29, 1.82) is 0 Å².